The summed E-state index contributed by atoms with van der Waals surface area (Å²) in [4.78, 5) is 15.6. The average molecular weight is 254 g/mol. The summed E-state index contributed by atoms with van der Waals surface area (Å²) in [5.41, 5.74) is 0. The van der Waals surface area contributed by atoms with E-state index in [1.54, 1.807) is 25.1 Å². The molecule has 0 aromatic heterocycles. The molecular weight excluding hydrogens is 232 g/mol. The van der Waals surface area contributed by atoms with Gasteiger partial charge in [-0.05, 0) is 12.8 Å². The molecule has 1 heterocycles. The molecular formula is C13H22N2O3. The van der Waals surface area contributed by atoms with Gasteiger partial charge in [-0.2, -0.15) is 0 Å². The highest BCUT2D eigenvalue weighted by atomic mass is 16.5. The third-order valence-corrected chi connectivity index (χ3v) is 3.59. The second-order valence-corrected chi connectivity index (χ2v) is 5.01. The van der Waals surface area contributed by atoms with Crippen LogP contribution in [0.5, 0.6) is 0 Å². The standard InChI is InChI=1S/C13H22N2O3/c1-4-8-17-11-6-5-10-12(11)18-9-7-15(10)13(16)14(2)3/h4,10-12H,1,5-9H2,2-3H3/t10-,11+,12+/m0/s1. The maximum Gasteiger partial charge on any atom is 0.319 e. The van der Waals surface area contributed by atoms with Crippen LogP contribution < -0.4 is 0 Å². The highest BCUT2D eigenvalue weighted by Crippen LogP contribution is 2.32. The Morgan fingerprint density at radius 2 is 2.33 bits per heavy atom. The van der Waals surface area contributed by atoms with Crippen LogP contribution in [0.2, 0.25) is 0 Å². The number of hydrogen-bond acceptors (Lipinski definition) is 3. The molecule has 1 aliphatic carbocycles. The van der Waals surface area contributed by atoms with Crippen molar-refractivity contribution in [2.75, 3.05) is 33.9 Å². The summed E-state index contributed by atoms with van der Waals surface area (Å²) in [6, 6.07) is 0.223. The first-order valence-corrected chi connectivity index (χ1v) is 6.47. The second-order valence-electron chi connectivity index (χ2n) is 5.01. The number of amides is 2. The second kappa shape index (κ2) is 5.71. The molecule has 2 fully saturated rings. The molecule has 5 heteroatoms. The molecule has 18 heavy (non-hydrogen) atoms. The van der Waals surface area contributed by atoms with E-state index in [-0.39, 0.29) is 24.3 Å². The van der Waals surface area contributed by atoms with Crippen molar-refractivity contribution < 1.29 is 14.3 Å². The molecule has 5 nitrogen and oxygen atoms in total. The van der Waals surface area contributed by atoms with E-state index in [1.807, 2.05) is 4.90 Å². The van der Waals surface area contributed by atoms with Crippen LogP contribution in [0.25, 0.3) is 0 Å². The molecule has 0 spiro atoms. The van der Waals surface area contributed by atoms with Crippen molar-refractivity contribution in [1.29, 1.82) is 0 Å². The van der Waals surface area contributed by atoms with Crippen molar-refractivity contribution in [2.45, 2.75) is 31.1 Å². The lowest BCUT2D eigenvalue weighted by atomic mass is 10.1. The Morgan fingerprint density at radius 3 is 3.00 bits per heavy atom. The van der Waals surface area contributed by atoms with Crippen molar-refractivity contribution in [3.8, 4) is 0 Å². The van der Waals surface area contributed by atoms with Crippen LogP contribution >= 0.6 is 0 Å². The molecule has 2 rings (SSSR count). The van der Waals surface area contributed by atoms with Crippen LogP contribution in [-0.4, -0.2) is 67.9 Å². The first-order chi connectivity index (χ1) is 8.65. The van der Waals surface area contributed by atoms with Gasteiger partial charge in [-0.15, -0.1) is 6.58 Å². The van der Waals surface area contributed by atoms with Crippen LogP contribution in [0.3, 0.4) is 0 Å². The summed E-state index contributed by atoms with van der Waals surface area (Å²) in [5, 5.41) is 0. The lowest BCUT2D eigenvalue weighted by Gasteiger charge is -2.40. The normalized spacial score (nSPS) is 31.0. The van der Waals surface area contributed by atoms with Gasteiger partial charge in [-0.3, -0.25) is 0 Å². The van der Waals surface area contributed by atoms with Crippen molar-refractivity contribution in [3.05, 3.63) is 12.7 Å². The molecule has 2 amide bonds. The van der Waals surface area contributed by atoms with Gasteiger partial charge in [0.25, 0.3) is 0 Å². The summed E-state index contributed by atoms with van der Waals surface area (Å²) in [7, 11) is 3.57. The molecule has 0 unspecified atom stereocenters. The van der Waals surface area contributed by atoms with Crippen LogP contribution in [0.15, 0.2) is 12.7 Å². The average Bonchev–Trinajstić information content (AvgIpc) is 2.78. The summed E-state index contributed by atoms with van der Waals surface area (Å²) in [6.07, 6.45) is 3.75. The van der Waals surface area contributed by atoms with Gasteiger partial charge in [-0.25, -0.2) is 4.79 Å². The minimum atomic E-state index is 0.0163. The smallest absolute Gasteiger partial charge is 0.319 e. The van der Waals surface area contributed by atoms with Crippen LogP contribution in [0.1, 0.15) is 12.8 Å². The number of fused-ring (bicyclic) bond motifs is 1. The maximum atomic E-state index is 12.1. The zero-order valence-corrected chi connectivity index (χ0v) is 11.2. The fraction of sp³-hybridized carbons (Fsp3) is 0.769. The minimum Gasteiger partial charge on any atom is -0.372 e. The van der Waals surface area contributed by atoms with E-state index < -0.39 is 0 Å². The SMILES string of the molecule is C=CCO[C@@H]1CC[C@H]2[C@H]1OCCN2C(=O)N(C)C. The number of rotatable bonds is 3. The highest BCUT2D eigenvalue weighted by Gasteiger charge is 2.45. The third-order valence-electron chi connectivity index (χ3n) is 3.59. The van der Waals surface area contributed by atoms with Crippen LogP contribution in [0, 0.1) is 0 Å². The third kappa shape index (κ3) is 2.52. The minimum absolute atomic E-state index is 0.0163. The fourth-order valence-corrected chi connectivity index (χ4v) is 2.78. The summed E-state index contributed by atoms with van der Waals surface area (Å²) in [5.74, 6) is 0. The zero-order valence-electron chi connectivity index (χ0n) is 11.2. The molecule has 0 N–H and O–H groups in total. The Hall–Kier alpha value is -1.07. The largest absolute Gasteiger partial charge is 0.372 e. The molecule has 1 aliphatic heterocycles. The van der Waals surface area contributed by atoms with Gasteiger partial charge in [-0.1, -0.05) is 6.08 Å². The van der Waals surface area contributed by atoms with Gasteiger partial charge in [0.2, 0.25) is 0 Å². The Morgan fingerprint density at radius 1 is 1.56 bits per heavy atom. The first kappa shape index (κ1) is 13.4. The van der Waals surface area contributed by atoms with E-state index in [9.17, 15) is 4.79 Å². The number of ether oxygens (including phenoxy) is 2. The van der Waals surface area contributed by atoms with E-state index in [4.69, 9.17) is 9.47 Å². The van der Waals surface area contributed by atoms with Crippen LogP contribution in [-0.2, 0) is 9.47 Å². The topological polar surface area (TPSA) is 42.0 Å². The summed E-state index contributed by atoms with van der Waals surface area (Å²) < 4.78 is 11.5. The van der Waals surface area contributed by atoms with E-state index in [0.29, 0.717) is 19.8 Å². The van der Waals surface area contributed by atoms with Crippen molar-refractivity contribution >= 4 is 6.03 Å². The fourth-order valence-electron chi connectivity index (χ4n) is 2.78. The molecule has 0 radical (unpaired) electrons. The number of morpholine rings is 1. The summed E-state index contributed by atoms with van der Waals surface area (Å²) >= 11 is 0. The number of urea groups is 1. The van der Waals surface area contributed by atoms with Crippen molar-refractivity contribution in [2.24, 2.45) is 0 Å². The number of carbonyl (C=O) groups is 1. The molecule has 102 valence electrons. The molecule has 1 saturated carbocycles. The maximum absolute atomic E-state index is 12.1. The predicted molar refractivity (Wildman–Crippen MR) is 68.5 cm³/mol. The van der Waals surface area contributed by atoms with E-state index in [1.165, 1.54) is 0 Å². The Balaban J connectivity index is 2.02. The lowest BCUT2D eigenvalue weighted by molar-refractivity contribution is -0.0998. The Bertz CT molecular complexity index is 319. The molecule has 0 bridgehead atoms. The Kier molecular flexibility index (Phi) is 4.24. The molecule has 0 aromatic carbocycles. The van der Waals surface area contributed by atoms with E-state index in [0.717, 1.165) is 12.8 Å². The predicted octanol–water partition coefficient (Wildman–Crippen LogP) is 1.10. The number of hydrogen-bond donors (Lipinski definition) is 0. The van der Waals surface area contributed by atoms with Crippen molar-refractivity contribution in [3.63, 3.8) is 0 Å². The van der Waals surface area contributed by atoms with Gasteiger partial charge in [0.05, 0.1) is 25.4 Å². The van der Waals surface area contributed by atoms with E-state index in [2.05, 4.69) is 6.58 Å². The highest BCUT2D eigenvalue weighted by molar-refractivity contribution is 5.74. The molecule has 3 atom stereocenters. The molecule has 2 aliphatic rings. The zero-order chi connectivity index (χ0) is 13.1. The summed E-state index contributed by atoms with van der Waals surface area (Å²) in [6.45, 7) is 5.46. The van der Waals surface area contributed by atoms with Gasteiger partial charge in [0.1, 0.15) is 6.10 Å². The number of carbonyl (C=O) groups excluding carboxylic acids is 1. The van der Waals surface area contributed by atoms with Crippen LogP contribution in [0.4, 0.5) is 4.79 Å². The first-order valence-electron chi connectivity index (χ1n) is 6.47. The molecule has 0 aromatic rings. The van der Waals surface area contributed by atoms with Gasteiger partial charge < -0.3 is 19.3 Å². The number of nitrogens with zero attached hydrogens (tertiary/aromatic N) is 2. The Labute approximate surface area is 108 Å². The molecule has 1 saturated heterocycles. The van der Waals surface area contributed by atoms with Gasteiger partial charge in [0.15, 0.2) is 0 Å². The van der Waals surface area contributed by atoms with Gasteiger partial charge in [0, 0.05) is 20.6 Å². The van der Waals surface area contributed by atoms with Gasteiger partial charge >= 0.3 is 6.03 Å². The monoisotopic (exact) mass is 254 g/mol. The van der Waals surface area contributed by atoms with Crippen molar-refractivity contribution in [1.82, 2.24) is 9.80 Å². The quantitative estimate of drug-likeness (QED) is 0.708. The lowest BCUT2D eigenvalue weighted by Crippen LogP contribution is -2.56. The van der Waals surface area contributed by atoms with E-state index >= 15 is 0 Å².